The third-order valence-corrected chi connectivity index (χ3v) is 10.8. The first kappa shape index (κ1) is 39.5. The van der Waals surface area contributed by atoms with E-state index < -0.39 is 110 Å². The fraction of sp³-hybridized carbons (Fsp3) is 0.812. The summed E-state index contributed by atoms with van der Waals surface area (Å²) in [5.74, 6) is -0.502. The van der Waals surface area contributed by atoms with Crippen LogP contribution in [0.5, 0.6) is 0 Å². The smallest absolute Gasteiger partial charge is 0.215 e. The molecule has 6 fully saturated rings. The van der Waals surface area contributed by atoms with Crippen molar-refractivity contribution in [2.24, 2.45) is 11.8 Å². The molecule has 296 valence electrons. The minimum atomic E-state index is -1.74. The average Bonchev–Trinajstić information content (AvgIpc) is 4.03. The molecule has 0 aromatic rings. The van der Waals surface area contributed by atoms with Gasteiger partial charge in [-0.3, -0.25) is 24.0 Å². The predicted octanol–water partition coefficient (Wildman–Crippen LogP) is -4.56. The van der Waals surface area contributed by atoms with Crippen molar-refractivity contribution in [2.45, 2.75) is 138 Å². The maximum absolute atomic E-state index is 12.1. The summed E-state index contributed by atoms with van der Waals surface area (Å²) >= 11 is 0. The molecule has 4 amide bonds. The van der Waals surface area contributed by atoms with Gasteiger partial charge in [-0.25, -0.2) is 0 Å². The van der Waals surface area contributed by atoms with Gasteiger partial charge >= 0.3 is 0 Å². The number of aldehydes is 2. The van der Waals surface area contributed by atoms with Gasteiger partial charge in [-0.2, -0.15) is 0 Å². The Morgan fingerprint density at radius 2 is 1.43 bits per heavy atom. The summed E-state index contributed by atoms with van der Waals surface area (Å²) in [6.07, 6.45) is -12.7. The van der Waals surface area contributed by atoms with E-state index >= 15 is 0 Å². The Morgan fingerprint density at radius 3 is 2.00 bits per heavy atom. The fourth-order valence-corrected chi connectivity index (χ4v) is 7.35. The number of amides is 4. The Morgan fingerprint density at radius 1 is 0.792 bits per heavy atom. The number of carbonyl (C=O) groups is 6. The number of aliphatic hydroxyl groups is 3. The maximum atomic E-state index is 12.1. The molecule has 21 heteroatoms. The first-order valence-corrected chi connectivity index (χ1v) is 17.6. The van der Waals surface area contributed by atoms with E-state index in [4.69, 9.17) is 37.9 Å². The minimum absolute atomic E-state index is 0.0822. The van der Waals surface area contributed by atoms with Crippen molar-refractivity contribution in [2.75, 3.05) is 13.2 Å². The molecule has 0 aromatic carbocycles. The molecule has 5 heterocycles. The average molecular weight is 759 g/mol. The van der Waals surface area contributed by atoms with E-state index in [1.165, 1.54) is 11.8 Å². The highest BCUT2D eigenvalue weighted by Crippen LogP contribution is 2.44. The zero-order valence-electron chi connectivity index (χ0n) is 28.9. The van der Waals surface area contributed by atoms with Gasteiger partial charge in [-0.15, -0.1) is 0 Å². The van der Waals surface area contributed by atoms with Gasteiger partial charge in [0.05, 0.1) is 24.9 Å². The van der Waals surface area contributed by atoms with Crippen LogP contribution >= 0.6 is 0 Å². The number of fused-ring (bicyclic) bond motifs is 2. The topological polar surface area (TPSA) is 267 Å². The maximum Gasteiger partial charge on any atom is 0.215 e. The lowest BCUT2D eigenvalue weighted by molar-refractivity contribution is -0.364. The van der Waals surface area contributed by atoms with E-state index in [1.807, 2.05) is 0 Å². The van der Waals surface area contributed by atoms with E-state index in [0.29, 0.717) is 38.0 Å². The highest BCUT2D eigenvalue weighted by atomic mass is 16.8. The molecule has 1 saturated carbocycles. The highest BCUT2D eigenvalue weighted by Gasteiger charge is 2.65. The quantitative estimate of drug-likeness (QED) is 0.0419. The van der Waals surface area contributed by atoms with Gasteiger partial charge in [0.1, 0.15) is 54.9 Å². The SMILES string of the molecule is CC1O[C@H](OC2C(O)[C@H]3C(O[C@@H]2OCC2CCC2)N3C=O)C(O)C(O[C@H]2OC3[C@H](C(O)C2O[C@H](C=O)OC(C)[C@H](C=O)NC=O)N3C=O)[C@@H]1CNC=O. The van der Waals surface area contributed by atoms with E-state index in [1.54, 1.807) is 6.92 Å². The Hall–Kier alpha value is -3.22. The molecule has 6 aliphatic rings. The summed E-state index contributed by atoms with van der Waals surface area (Å²) in [6, 6.07) is -2.75. The third kappa shape index (κ3) is 8.10. The normalized spacial score (nSPS) is 42.0. The molecule has 5 N–H and O–H groups in total. The molecule has 0 aromatic heterocycles. The summed E-state index contributed by atoms with van der Waals surface area (Å²) in [5, 5.41) is 39.2. The minimum Gasteiger partial charge on any atom is -0.388 e. The van der Waals surface area contributed by atoms with E-state index in [2.05, 4.69) is 10.6 Å². The van der Waals surface area contributed by atoms with Crippen molar-refractivity contribution in [1.82, 2.24) is 20.4 Å². The second-order valence-electron chi connectivity index (χ2n) is 14.0. The molecule has 53 heavy (non-hydrogen) atoms. The van der Waals surface area contributed by atoms with Crippen LogP contribution in [0.2, 0.25) is 0 Å². The van der Waals surface area contributed by atoms with Crippen LogP contribution < -0.4 is 10.6 Å². The van der Waals surface area contributed by atoms with Gasteiger partial charge in [0.25, 0.3) is 0 Å². The van der Waals surface area contributed by atoms with Crippen molar-refractivity contribution < 1.29 is 82.0 Å². The van der Waals surface area contributed by atoms with Crippen molar-refractivity contribution in [3.05, 3.63) is 0 Å². The van der Waals surface area contributed by atoms with Crippen LogP contribution in [0.4, 0.5) is 0 Å². The van der Waals surface area contributed by atoms with Crippen LogP contribution in [0.25, 0.3) is 0 Å². The Balaban J connectivity index is 1.22. The van der Waals surface area contributed by atoms with Gasteiger partial charge in [-0.1, -0.05) is 6.42 Å². The molecule has 0 radical (unpaired) electrons. The van der Waals surface area contributed by atoms with Crippen molar-refractivity contribution in [3.8, 4) is 0 Å². The predicted molar refractivity (Wildman–Crippen MR) is 168 cm³/mol. The van der Waals surface area contributed by atoms with Crippen LogP contribution in [-0.2, 0) is 66.7 Å². The number of ether oxygens (including phenoxy) is 8. The first-order valence-electron chi connectivity index (χ1n) is 17.6. The number of hydrogen-bond acceptors (Lipinski definition) is 17. The van der Waals surface area contributed by atoms with E-state index in [-0.39, 0.29) is 19.2 Å². The summed E-state index contributed by atoms with van der Waals surface area (Å²) in [5.41, 5.74) is 0. The molecule has 10 unspecified atom stereocenters. The second-order valence-corrected chi connectivity index (χ2v) is 14.0. The molecule has 18 atom stereocenters. The van der Waals surface area contributed by atoms with Crippen molar-refractivity contribution >= 4 is 38.2 Å². The van der Waals surface area contributed by atoms with Crippen LogP contribution in [0.15, 0.2) is 0 Å². The molecular formula is C32H46N4O17. The monoisotopic (exact) mass is 758 g/mol. The van der Waals surface area contributed by atoms with Crippen LogP contribution in [-0.4, -0.2) is 181 Å². The lowest BCUT2D eigenvalue weighted by Crippen LogP contribution is -2.63. The Kier molecular flexibility index (Phi) is 12.7. The summed E-state index contributed by atoms with van der Waals surface area (Å²) < 4.78 is 47.9. The van der Waals surface area contributed by atoms with Crippen molar-refractivity contribution in [3.63, 3.8) is 0 Å². The highest BCUT2D eigenvalue weighted by molar-refractivity contribution is 5.64. The number of nitrogens with one attached hydrogen (secondary N) is 2. The number of aliphatic hydroxyl groups excluding tert-OH is 3. The fourth-order valence-electron chi connectivity index (χ4n) is 7.35. The first-order chi connectivity index (χ1) is 25.6. The standard InChI is InChI=1S/C32H46N4O17/c1-14-17(6-33-10-39)25(24(45)30(48-14)51-26-22(43)20-28(35(20)12-41)52-31(26)46-9-16-4-3-5-16)50-32-27(23(44)21-29(53-32)36(21)13-42)49-19(8-38)47-15(2)18(7-37)34-11-40/h7-8,10-32,43-45H,3-6,9H2,1-2H3,(H,33,39)(H,34,40)/t14?,15?,17-,18+,19-,20+,21+,22?,23?,24?,25?,26?,27?,28?,29?,30-,31+,32+,35?,36?/m1/s1. The molecule has 5 aliphatic heterocycles. The molecular weight excluding hydrogens is 712 g/mol. The number of nitrogens with zero attached hydrogens (tertiary/aromatic N) is 2. The van der Waals surface area contributed by atoms with Crippen LogP contribution in [0.1, 0.15) is 33.1 Å². The number of rotatable bonds is 21. The van der Waals surface area contributed by atoms with Crippen molar-refractivity contribution in [1.29, 1.82) is 0 Å². The van der Waals surface area contributed by atoms with E-state index in [9.17, 15) is 44.1 Å². The lowest BCUT2D eigenvalue weighted by atomic mass is 9.86. The van der Waals surface area contributed by atoms with Gasteiger partial charge in [0.2, 0.25) is 31.9 Å². The molecule has 5 saturated heterocycles. The molecule has 21 nitrogen and oxygen atoms in total. The van der Waals surface area contributed by atoms with Gasteiger partial charge in [0.15, 0.2) is 37.6 Å². The molecule has 0 bridgehead atoms. The second kappa shape index (κ2) is 17.1. The third-order valence-electron chi connectivity index (χ3n) is 10.8. The van der Waals surface area contributed by atoms with Crippen LogP contribution in [0.3, 0.4) is 0 Å². The summed E-state index contributed by atoms with van der Waals surface area (Å²) in [7, 11) is 0. The zero-order valence-corrected chi connectivity index (χ0v) is 28.9. The van der Waals surface area contributed by atoms with Gasteiger partial charge in [0, 0.05) is 12.5 Å². The van der Waals surface area contributed by atoms with Gasteiger partial charge < -0.3 is 78.4 Å². The largest absolute Gasteiger partial charge is 0.388 e. The van der Waals surface area contributed by atoms with E-state index in [0.717, 1.165) is 24.2 Å². The molecule has 1 aliphatic carbocycles. The Bertz CT molecular complexity index is 1310. The van der Waals surface area contributed by atoms with Gasteiger partial charge in [-0.05, 0) is 32.6 Å². The Labute approximate surface area is 303 Å². The molecule has 6 rings (SSSR count). The zero-order chi connectivity index (χ0) is 38.0. The summed E-state index contributed by atoms with van der Waals surface area (Å²) in [4.78, 5) is 71.5. The molecule has 0 spiro atoms. The number of carbonyl (C=O) groups excluding carboxylic acids is 6. The number of hydrogen-bond donors (Lipinski definition) is 5. The van der Waals surface area contributed by atoms with Crippen LogP contribution in [0, 0.1) is 11.8 Å². The lowest BCUT2D eigenvalue weighted by Gasteiger charge is -2.47. The summed E-state index contributed by atoms with van der Waals surface area (Å²) in [6.45, 7) is 3.26.